The highest BCUT2D eigenvalue weighted by atomic mass is 32.2. The van der Waals surface area contributed by atoms with E-state index in [0.717, 1.165) is 12.1 Å². The molecule has 0 spiro atoms. The Balaban J connectivity index is 1.98. The molecule has 9 heteroatoms. The van der Waals surface area contributed by atoms with Gasteiger partial charge in [0.25, 0.3) is 5.91 Å². The highest BCUT2D eigenvalue weighted by molar-refractivity contribution is 7.89. The number of hydrogen-bond donors (Lipinski definition) is 1. The van der Waals surface area contributed by atoms with Gasteiger partial charge in [0.1, 0.15) is 5.82 Å². The molecule has 0 aliphatic rings. The third kappa shape index (κ3) is 5.24. The third-order valence-corrected chi connectivity index (χ3v) is 5.84. The topological polar surface area (TPSA) is 75.7 Å². The van der Waals surface area contributed by atoms with Crippen LogP contribution in [0.2, 0.25) is 0 Å². The van der Waals surface area contributed by atoms with E-state index >= 15 is 0 Å². The van der Waals surface area contributed by atoms with Crippen molar-refractivity contribution in [1.29, 1.82) is 0 Å². The van der Waals surface area contributed by atoms with Crippen molar-refractivity contribution in [1.82, 2.24) is 4.31 Å². The summed E-state index contributed by atoms with van der Waals surface area (Å²) >= 11 is 0. The largest absolute Gasteiger partial charge is 0.481 e. The quantitative estimate of drug-likeness (QED) is 0.778. The number of anilines is 1. The number of rotatable bonds is 7. The van der Waals surface area contributed by atoms with Crippen molar-refractivity contribution >= 4 is 21.6 Å². The van der Waals surface area contributed by atoms with E-state index in [9.17, 15) is 22.0 Å². The van der Waals surface area contributed by atoms with E-state index in [1.165, 1.54) is 35.6 Å². The van der Waals surface area contributed by atoms with Crippen molar-refractivity contribution in [2.24, 2.45) is 0 Å². The van der Waals surface area contributed by atoms with Crippen LogP contribution in [0.25, 0.3) is 0 Å². The highest BCUT2D eigenvalue weighted by Gasteiger charge is 2.22. The van der Waals surface area contributed by atoms with Crippen LogP contribution in [0, 0.1) is 11.6 Å². The number of sulfonamides is 1. The Labute approximate surface area is 156 Å². The van der Waals surface area contributed by atoms with Crippen molar-refractivity contribution in [2.45, 2.75) is 24.8 Å². The lowest BCUT2D eigenvalue weighted by Crippen LogP contribution is -2.33. The lowest BCUT2D eigenvalue weighted by Gasteiger charge is -2.21. The Morgan fingerprint density at radius 3 is 2.33 bits per heavy atom. The van der Waals surface area contributed by atoms with Crippen molar-refractivity contribution in [3.05, 3.63) is 54.1 Å². The average molecular weight is 398 g/mol. The highest BCUT2D eigenvalue weighted by Crippen LogP contribution is 2.20. The van der Waals surface area contributed by atoms with Crippen LogP contribution in [0.3, 0.4) is 0 Å². The molecule has 146 valence electrons. The minimum Gasteiger partial charge on any atom is -0.481 e. The van der Waals surface area contributed by atoms with Crippen molar-refractivity contribution < 1.29 is 26.7 Å². The first-order chi connectivity index (χ1) is 12.6. The number of hydrogen-bond acceptors (Lipinski definition) is 4. The van der Waals surface area contributed by atoms with E-state index in [-0.39, 0.29) is 16.7 Å². The van der Waals surface area contributed by atoms with Crippen LogP contribution in [-0.4, -0.2) is 38.3 Å². The molecule has 0 saturated carbocycles. The fraction of sp³-hybridized carbons (Fsp3) is 0.278. The number of nitrogens with one attached hydrogen (secondary N) is 1. The fourth-order valence-electron chi connectivity index (χ4n) is 2.09. The second-order valence-corrected chi connectivity index (χ2v) is 8.05. The number of ether oxygens (including phenoxy) is 1. The van der Waals surface area contributed by atoms with Crippen LogP contribution in [0.1, 0.15) is 13.8 Å². The molecule has 0 fully saturated rings. The van der Waals surface area contributed by atoms with Crippen LogP contribution in [0.4, 0.5) is 14.5 Å². The Bertz CT molecular complexity index is 915. The molecule has 27 heavy (non-hydrogen) atoms. The molecule has 0 saturated heterocycles. The summed E-state index contributed by atoms with van der Waals surface area (Å²) in [7, 11) is -2.13. The molecular formula is C18H20F2N2O4S. The molecule has 0 bridgehead atoms. The standard InChI is InChI=1S/C18H20F2N2O4S/c1-12(2)22(3)27(24,25)15-7-5-14(6-8-15)21-18(23)11-26-17-9-4-13(19)10-16(17)20/h4-10,12H,11H2,1-3H3,(H,21,23). The molecule has 0 aromatic heterocycles. The molecule has 0 unspecified atom stereocenters. The molecule has 0 heterocycles. The zero-order valence-corrected chi connectivity index (χ0v) is 15.9. The minimum absolute atomic E-state index is 0.0985. The van der Waals surface area contributed by atoms with Crippen molar-refractivity contribution in [3.63, 3.8) is 0 Å². The number of amides is 1. The molecule has 0 atom stereocenters. The lowest BCUT2D eigenvalue weighted by atomic mass is 10.3. The third-order valence-electron chi connectivity index (χ3n) is 3.79. The van der Waals surface area contributed by atoms with E-state index in [2.05, 4.69) is 5.32 Å². The van der Waals surface area contributed by atoms with Crippen LogP contribution in [-0.2, 0) is 14.8 Å². The first-order valence-electron chi connectivity index (χ1n) is 8.07. The Hall–Kier alpha value is -2.52. The molecule has 2 aromatic carbocycles. The summed E-state index contributed by atoms with van der Waals surface area (Å²) in [5.74, 6) is -2.48. The summed E-state index contributed by atoms with van der Waals surface area (Å²) < 4.78 is 57.3. The van der Waals surface area contributed by atoms with Gasteiger partial charge in [-0.25, -0.2) is 17.2 Å². The summed E-state index contributed by atoms with van der Waals surface area (Å²) in [6.07, 6.45) is 0. The van der Waals surface area contributed by atoms with Crippen LogP contribution in [0.5, 0.6) is 5.75 Å². The summed E-state index contributed by atoms with van der Waals surface area (Å²) in [5, 5.41) is 2.50. The zero-order chi connectivity index (χ0) is 20.2. The van der Waals surface area contributed by atoms with Gasteiger partial charge in [0.15, 0.2) is 18.2 Å². The second-order valence-electron chi connectivity index (χ2n) is 6.05. The SMILES string of the molecule is CC(C)N(C)S(=O)(=O)c1ccc(NC(=O)COc2ccc(F)cc2F)cc1. The minimum atomic E-state index is -3.61. The van der Waals surface area contributed by atoms with Crippen molar-refractivity contribution in [2.75, 3.05) is 19.0 Å². The van der Waals surface area contributed by atoms with E-state index in [1.54, 1.807) is 13.8 Å². The van der Waals surface area contributed by atoms with Gasteiger partial charge in [0.05, 0.1) is 4.90 Å². The van der Waals surface area contributed by atoms with Gasteiger partial charge >= 0.3 is 0 Å². The molecule has 6 nitrogen and oxygen atoms in total. The molecule has 1 amide bonds. The lowest BCUT2D eigenvalue weighted by molar-refractivity contribution is -0.118. The van der Waals surface area contributed by atoms with Crippen LogP contribution < -0.4 is 10.1 Å². The second kappa shape index (κ2) is 8.45. The summed E-state index contributed by atoms with van der Waals surface area (Å²) in [6, 6.07) is 8.20. The molecule has 0 aliphatic heterocycles. The normalized spacial score (nSPS) is 11.7. The maximum atomic E-state index is 13.4. The van der Waals surface area contributed by atoms with Gasteiger partial charge in [-0.05, 0) is 50.2 Å². The molecule has 1 N–H and O–H groups in total. The van der Waals surface area contributed by atoms with Gasteiger partial charge < -0.3 is 10.1 Å². The Morgan fingerprint density at radius 2 is 1.78 bits per heavy atom. The number of nitrogens with zero attached hydrogens (tertiary/aromatic N) is 1. The molecule has 0 radical (unpaired) electrons. The molecule has 2 aromatic rings. The summed E-state index contributed by atoms with van der Waals surface area (Å²) in [6.45, 7) is 3.03. The average Bonchev–Trinajstić information content (AvgIpc) is 2.60. The Kier molecular flexibility index (Phi) is 6.50. The number of halogens is 2. The maximum Gasteiger partial charge on any atom is 0.262 e. The van der Waals surface area contributed by atoms with E-state index in [1.807, 2.05) is 0 Å². The van der Waals surface area contributed by atoms with E-state index in [4.69, 9.17) is 4.74 Å². The van der Waals surface area contributed by atoms with Gasteiger partial charge in [0.2, 0.25) is 10.0 Å². The molecule has 2 rings (SSSR count). The predicted molar refractivity (Wildman–Crippen MR) is 97.0 cm³/mol. The first kappa shape index (κ1) is 20.8. The monoisotopic (exact) mass is 398 g/mol. The predicted octanol–water partition coefficient (Wildman–Crippen LogP) is 3.01. The van der Waals surface area contributed by atoms with Gasteiger partial charge in [-0.3, -0.25) is 4.79 Å². The van der Waals surface area contributed by atoms with Crippen LogP contribution >= 0.6 is 0 Å². The van der Waals surface area contributed by atoms with Crippen molar-refractivity contribution in [3.8, 4) is 5.75 Å². The molecule has 0 aliphatic carbocycles. The van der Waals surface area contributed by atoms with Gasteiger partial charge in [-0.2, -0.15) is 4.31 Å². The Morgan fingerprint density at radius 1 is 1.15 bits per heavy atom. The van der Waals surface area contributed by atoms with Gasteiger partial charge in [0, 0.05) is 24.8 Å². The van der Waals surface area contributed by atoms with Gasteiger partial charge in [-0.1, -0.05) is 0 Å². The zero-order valence-electron chi connectivity index (χ0n) is 15.1. The number of benzene rings is 2. The smallest absolute Gasteiger partial charge is 0.262 e. The fourth-order valence-corrected chi connectivity index (χ4v) is 3.45. The molecular weight excluding hydrogens is 378 g/mol. The maximum absolute atomic E-state index is 13.4. The summed E-state index contributed by atoms with van der Waals surface area (Å²) in [4.78, 5) is 12.0. The van der Waals surface area contributed by atoms with E-state index in [0.29, 0.717) is 11.8 Å². The number of carbonyl (C=O) groups is 1. The summed E-state index contributed by atoms with van der Waals surface area (Å²) in [5.41, 5.74) is 0.356. The number of carbonyl (C=O) groups excluding carboxylic acids is 1. The van der Waals surface area contributed by atoms with E-state index < -0.39 is 34.2 Å². The van der Waals surface area contributed by atoms with Crippen LogP contribution in [0.15, 0.2) is 47.4 Å². The van der Waals surface area contributed by atoms with Gasteiger partial charge in [-0.15, -0.1) is 0 Å². The first-order valence-corrected chi connectivity index (χ1v) is 9.51.